The molecule has 0 fully saturated rings. The Hall–Kier alpha value is -2.17. The first-order chi connectivity index (χ1) is 7.59. The van der Waals surface area contributed by atoms with Crippen LogP contribution in [0.25, 0.3) is 11.3 Å². The van der Waals surface area contributed by atoms with Crippen LogP contribution in [-0.4, -0.2) is 26.1 Å². The minimum Gasteiger partial charge on any atom is -0.478 e. The first kappa shape index (κ1) is 10.4. The lowest BCUT2D eigenvalue weighted by atomic mass is 10.0. The summed E-state index contributed by atoms with van der Waals surface area (Å²) in [4.78, 5) is 10.9. The average molecular weight is 217 g/mol. The van der Waals surface area contributed by atoms with Crippen LogP contribution in [0, 0.1) is 6.92 Å². The number of aromatic carboxylic acids is 1. The summed E-state index contributed by atoms with van der Waals surface area (Å²) in [5.74, 6) is -0.934. The van der Waals surface area contributed by atoms with Crippen LogP contribution in [0.4, 0.5) is 0 Å². The largest absolute Gasteiger partial charge is 0.478 e. The summed E-state index contributed by atoms with van der Waals surface area (Å²) in [7, 11) is 1.77. The highest BCUT2D eigenvalue weighted by molar-refractivity contribution is 5.89. The molecule has 1 aromatic heterocycles. The van der Waals surface area contributed by atoms with Gasteiger partial charge in [0.05, 0.1) is 17.5 Å². The van der Waals surface area contributed by atoms with Crippen LogP contribution in [0.2, 0.25) is 0 Å². The number of nitrogens with zero attached hydrogens (tertiary/aromatic N) is 3. The van der Waals surface area contributed by atoms with E-state index in [1.807, 2.05) is 6.92 Å². The third-order valence-corrected chi connectivity index (χ3v) is 2.47. The summed E-state index contributed by atoms with van der Waals surface area (Å²) < 4.78 is 1.62. The summed E-state index contributed by atoms with van der Waals surface area (Å²) in [6.07, 6.45) is 1.62. The molecule has 1 N–H and O–H groups in total. The van der Waals surface area contributed by atoms with E-state index in [4.69, 9.17) is 5.11 Å². The van der Waals surface area contributed by atoms with Crippen molar-refractivity contribution in [2.24, 2.45) is 7.05 Å². The van der Waals surface area contributed by atoms with Gasteiger partial charge in [-0.3, -0.25) is 0 Å². The number of hydrogen-bond acceptors (Lipinski definition) is 3. The molecule has 0 bridgehead atoms. The Kier molecular flexibility index (Phi) is 2.44. The van der Waals surface area contributed by atoms with Gasteiger partial charge >= 0.3 is 5.97 Å². The molecule has 2 aromatic rings. The van der Waals surface area contributed by atoms with E-state index in [2.05, 4.69) is 10.3 Å². The summed E-state index contributed by atoms with van der Waals surface area (Å²) >= 11 is 0. The van der Waals surface area contributed by atoms with E-state index < -0.39 is 5.97 Å². The van der Waals surface area contributed by atoms with Crippen molar-refractivity contribution in [3.8, 4) is 11.3 Å². The van der Waals surface area contributed by atoms with Crippen molar-refractivity contribution in [3.63, 3.8) is 0 Å². The highest BCUT2D eigenvalue weighted by atomic mass is 16.4. The maximum absolute atomic E-state index is 10.9. The standard InChI is InChI=1S/C11H11N3O2/c1-7-3-4-8(11(15)16)5-9(7)10-6-12-13-14(10)2/h3-6H,1-2H3,(H,15,16). The Morgan fingerprint density at radius 2 is 2.19 bits per heavy atom. The van der Waals surface area contributed by atoms with E-state index in [0.29, 0.717) is 0 Å². The van der Waals surface area contributed by atoms with Crippen molar-refractivity contribution < 1.29 is 9.90 Å². The molecule has 0 spiro atoms. The van der Waals surface area contributed by atoms with Crippen LogP contribution < -0.4 is 0 Å². The fourth-order valence-corrected chi connectivity index (χ4v) is 1.56. The van der Waals surface area contributed by atoms with Gasteiger partial charge in [0.1, 0.15) is 0 Å². The Labute approximate surface area is 92.3 Å². The third kappa shape index (κ3) is 1.67. The van der Waals surface area contributed by atoms with Crippen LogP contribution in [0.3, 0.4) is 0 Å². The van der Waals surface area contributed by atoms with Crippen LogP contribution in [-0.2, 0) is 7.05 Å². The van der Waals surface area contributed by atoms with E-state index in [0.717, 1.165) is 16.8 Å². The zero-order valence-electron chi connectivity index (χ0n) is 9.01. The van der Waals surface area contributed by atoms with E-state index >= 15 is 0 Å². The lowest BCUT2D eigenvalue weighted by Gasteiger charge is -2.06. The van der Waals surface area contributed by atoms with Crippen molar-refractivity contribution in [2.45, 2.75) is 6.92 Å². The molecule has 0 aliphatic carbocycles. The van der Waals surface area contributed by atoms with Gasteiger partial charge in [0.2, 0.25) is 0 Å². The fraction of sp³-hybridized carbons (Fsp3) is 0.182. The zero-order chi connectivity index (χ0) is 11.7. The minimum absolute atomic E-state index is 0.266. The summed E-state index contributed by atoms with van der Waals surface area (Å²) in [5.41, 5.74) is 2.91. The first-order valence-corrected chi connectivity index (χ1v) is 4.78. The van der Waals surface area contributed by atoms with Crippen molar-refractivity contribution >= 4 is 5.97 Å². The second kappa shape index (κ2) is 3.77. The molecule has 82 valence electrons. The van der Waals surface area contributed by atoms with Crippen LogP contribution in [0.15, 0.2) is 24.4 Å². The maximum atomic E-state index is 10.9. The molecule has 0 amide bonds. The molecule has 1 heterocycles. The number of aromatic nitrogens is 3. The van der Waals surface area contributed by atoms with E-state index in [1.165, 1.54) is 0 Å². The molecular formula is C11H11N3O2. The van der Waals surface area contributed by atoms with Crippen LogP contribution in [0.1, 0.15) is 15.9 Å². The number of carbonyl (C=O) groups is 1. The van der Waals surface area contributed by atoms with Crippen molar-refractivity contribution in [2.75, 3.05) is 0 Å². The molecule has 0 aliphatic rings. The third-order valence-electron chi connectivity index (χ3n) is 2.47. The highest BCUT2D eigenvalue weighted by Gasteiger charge is 2.10. The van der Waals surface area contributed by atoms with Gasteiger partial charge in [-0.05, 0) is 24.6 Å². The minimum atomic E-state index is -0.934. The summed E-state index contributed by atoms with van der Waals surface area (Å²) in [5, 5.41) is 16.5. The molecule has 1 aromatic carbocycles. The van der Waals surface area contributed by atoms with Gasteiger partial charge in [-0.25, -0.2) is 9.48 Å². The number of benzene rings is 1. The first-order valence-electron chi connectivity index (χ1n) is 4.78. The molecule has 0 aliphatic heterocycles. The molecule has 2 rings (SSSR count). The normalized spacial score (nSPS) is 10.4. The SMILES string of the molecule is Cc1ccc(C(=O)O)cc1-c1cnnn1C. The number of rotatable bonds is 2. The van der Waals surface area contributed by atoms with Crippen molar-refractivity contribution in [3.05, 3.63) is 35.5 Å². The molecule has 0 radical (unpaired) electrons. The van der Waals surface area contributed by atoms with Gasteiger partial charge in [0.25, 0.3) is 0 Å². The Bertz CT molecular complexity index is 546. The molecule has 0 atom stereocenters. The van der Waals surface area contributed by atoms with Gasteiger partial charge in [-0.15, -0.1) is 5.10 Å². The molecule has 5 nitrogen and oxygen atoms in total. The van der Waals surface area contributed by atoms with E-state index in [1.54, 1.807) is 36.1 Å². The fourth-order valence-electron chi connectivity index (χ4n) is 1.56. The lowest BCUT2D eigenvalue weighted by molar-refractivity contribution is 0.0697. The van der Waals surface area contributed by atoms with Crippen molar-refractivity contribution in [1.82, 2.24) is 15.0 Å². The Balaban J connectivity index is 2.60. The summed E-state index contributed by atoms with van der Waals surface area (Å²) in [6.45, 7) is 1.92. The van der Waals surface area contributed by atoms with Gasteiger partial charge in [-0.1, -0.05) is 11.3 Å². The van der Waals surface area contributed by atoms with Gasteiger partial charge in [0.15, 0.2) is 0 Å². The lowest BCUT2D eigenvalue weighted by Crippen LogP contribution is -2.00. The number of aryl methyl sites for hydroxylation is 2. The smallest absolute Gasteiger partial charge is 0.335 e. The van der Waals surface area contributed by atoms with Crippen LogP contribution in [0.5, 0.6) is 0 Å². The second-order valence-corrected chi connectivity index (χ2v) is 3.58. The summed E-state index contributed by atoms with van der Waals surface area (Å²) in [6, 6.07) is 5.01. The maximum Gasteiger partial charge on any atom is 0.335 e. The molecule has 0 saturated carbocycles. The van der Waals surface area contributed by atoms with Gasteiger partial charge in [-0.2, -0.15) is 0 Å². The van der Waals surface area contributed by atoms with E-state index in [-0.39, 0.29) is 5.56 Å². The predicted molar refractivity (Wildman–Crippen MR) is 58.1 cm³/mol. The Morgan fingerprint density at radius 3 is 2.75 bits per heavy atom. The van der Waals surface area contributed by atoms with E-state index in [9.17, 15) is 4.79 Å². The number of carboxylic acids is 1. The van der Waals surface area contributed by atoms with Gasteiger partial charge < -0.3 is 5.11 Å². The quantitative estimate of drug-likeness (QED) is 0.827. The highest BCUT2D eigenvalue weighted by Crippen LogP contribution is 2.23. The monoisotopic (exact) mass is 217 g/mol. The molecular weight excluding hydrogens is 206 g/mol. The topological polar surface area (TPSA) is 68.0 Å². The van der Waals surface area contributed by atoms with Gasteiger partial charge in [0, 0.05) is 12.6 Å². The predicted octanol–water partition coefficient (Wildman–Crippen LogP) is 1.49. The molecule has 5 heteroatoms. The second-order valence-electron chi connectivity index (χ2n) is 3.58. The number of hydrogen-bond donors (Lipinski definition) is 1. The zero-order valence-corrected chi connectivity index (χ0v) is 9.01. The molecule has 16 heavy (non-hydrogen) atoms. The Morgan fingerprint density at radius 1 is 1.44 bits per heavy atom. The van der Waals surface area contributed by atoms with Crippen LogP contribution >= 0.6 is 0 Å². The molecule has 0 saturated heterocycles. The molecule has 0 unspecified atom stereocenters. The van der Waals surface area contributed by atoms with Crippen molar-refractivity contribution in [1.29, 1.82) is 0 Å². The average Bonchev–Trinajstić information content (AvgIpc) is 2.65. The number of carboxylic acid groups (broad SMARTS) is 1.